The maximum atomic E-state index is 13.2. The van der Waals surface area contributed by atoms with E-state index in [1.165, 1.54) is 17.9 Å². The van der Waals surface area contributed by atoms with Crippen molar-refractivity contribution < 1.29 is 18.0 Å². The third kappa shape index (κ3) is 3.30. The van der Waals surface area contributed by atoms with Crippen LogP contribution in [-0.4, -0.2) is 24.0 Å². The number of carbonyl (C=O) groups is 1. The number of carbonyl (C=O) groups excluding carboxylic acids is 1. The van der Waals surface area contributed by atoms with Gasteiger partial charge in [-0.25, -0.2) is 4.79 Å². The lowest BCUT2D eigenvalue weighted by atomic mass is 10.1. The quantitative estimate of drug-likeness (QED) is 0.576. The summed E-state index contributed by atoms with van der Waals surface area (Å²) >= 11 is 0. The first-order valence-electron chi connectivity index (χ1n) is 9.05. The predicted octanol–water partition coefficient (Wildman–Crippen LogP) is 5.61. The maximum absolute atomic E-state index is 13.2. The number of benzene rings is 3. The Kier molecular flexibility index (Phi) is 4.49. The van der Waals surface area contributed by atoms with Gasteiger partial charge in [-0.05, 0) is 47.0 Å². The second-order valence-corrected chi connectivity index (χ2v) is 6.98. The second-order valence-electron chi connectivity index (χ2n) is 6.98. The number of rotatable bonds is 3. The third-order valence-electron chi connectivity index (χ3n) is 5.18. The maximum Gasteiger partial charge on any atom is 0.416 e. The lowest BCUT2D eigenvalue weighted by molar-refractivity contribution is -0.138. The van der Waals surface area contributed by atoms with Gasteiger partial charge in [-0.1, -0.05) is 42.5 Å². The minimum absolute atomic E-state index is 0.0795. The van der Waals surface area contributed by atoms with Gasteiger partial charge in [-0.2, -0.15) is 13.2 Å². The highest BCUT2D eigenvalue weighted by molar-refractivity contribution is 5.95. The molecular weight excluding hydrogens is 365 g/mol. The molecule has 1 heterocycles. The highest BCUT2D eigenvalue weighted by Crippen LogP contribution is 2.36. The van der Waals surface area contributed by atoms with Gasteiger partial charge in [0.15, 0.2) is 0 Å². The van der Waals surface area contributed by atoms with E-state index in [4.69, 9.17) is 0 Å². The number of anilines is 1. The van der Waals surface area contributed by atoms with Crippen molar-refractivity contribution in [2.24, 2.45) is 0 Å². The molecule has 3 aromatic carbocycles. The van der Waals surface area contributed by atoms with Gasteiger partial charge in [0, 0.05) is 25.3 Å². The molecule has 3 nitrogen and oxygen atoms in total. The molecule has 1 saturated heterocycles. The summed E-state index contributed by atoms with van der Waals surface area (Å²) in [5, 5.41) is 2.22. The van der Waals surface area contributed by atoms with E-state index in [2.05, 4.69) is 0 Å². The molecule has 0 unspecified atom stereocenters. The average Bonchev–Trinajstić information content (AvgIpc) is 3.01. The number of nitrogens with zero attached hydrogens (tertiary/aromatic N) is 2. The number of fused-ring (bicyclic) bond motifs is 1. The van der Waals surface area contributed by atoms with Crippen molar-refractivity contribution in [2.75, 3.05) is 18.0 Å². The predicted molar refractivity (Wildman–Crippen MR) is 103 cm³/mol. The van der Waals surface area contributed by atoms with E-state index in [-0.39, 0.29) is 11.6 Å². The van der Waals surface area contributed by atoms with Crippen LogP contribution in [0.15, 0.2) is 60.7 Å². The molecule has 0 N–H and O–H groups in total. The summed E-state index contributed by atoms with van der Waals surface area (Å²) in [6, 6.07) is 17.7. The van der Waals surface area contributed by atoms with E-state index in [1.54, 1.807) is 11.0 Å². The normalized spacial score (nSPS) is 14.9. The Labute approximate surface area is 161 Å². The molecule has 0 saturated carbocycles. The van der Waals surface area contributed by atoms with Crippen LogP contribution >= 0.6 is 0 Å². The Morgan fingerprint density at radius 2 is 1.68 bits per heavy atom. The largest absolute Gasteiger partial charge is 0.416 e. The summed E-state index contributed by atoms with van der Waals surface area (Å²) in [7, 11) is 0. The minimum atomic E-state index is -4.44. The first-order valence-corrected chi connectivity index (χ1v) is 9.05. The van der Waals surface area contributed by atoms with Gasteiger partial charge in [0.25, 0.3) is 0 Å². The van der Waals surface area contributed by atoms with Crippen LogP contribution in [0.4, 0.5) is 23.7 Å². The molecule has 4 rings (SSSR count). The molecule has 1 fully saturated rings. The Balaban J connectivity index is 1.57. The fraction of sp³-hybridized carbons (Fsp3) is 0.227. The van der Waals surface area contributed by atoms with Crippen molar-refractivity contribution >= 4 is 22.5 Å². The van der Waals surface area contributed by atoms with Gasteiger partial charge in [0.05, 0.1) is 5.56 Å². The summed E-state index contributed by atoms with van der Waals surface area (Å²) in [4.78, 5) is 16.0. The molecule has 1 aliphatic heterocycles. The number of halogens is 3. The van der Waals surface area contributed by atoms with Gasteiger partial charge >= 0.3 is 12.2 Å². The zero-order valence-corrected chi connectivity index (χ0v) is 15.3. The Morgan fingerprint density at radius 3 is 2.43 bits per heavy atom. The smallest absolute Gasteiger partial charge is 0.318 e. The van der Waals surface area contributed by atoms with Crippen LogP contribution in [0, 0.1) is 6.92 Å². The molecule has 6 heteroatoms. The third-order valence-corrected chi connectivity index (χ3v) is 5.18. The highest BCUT2D eigenvalue weighted by Gasteiger charge is 2.36. The van der Waals surface area contributed by atoms with Crippen LogP contribution < -0.4 is 4.90 Å². The van der Waals surface area contributed by atoms with Gasteiger partial charge in [0.2, 0.25) is 0 Å². The summed E-state index contributed by atoms with van der Waals surface area (Å²) < 4.78 is 39.6. The molecule has 0 spiro atoms. The van der Waals surface area contributed by atoms with Gasteiger partial charge in [0.1, 0.15) is 0 Å². The first-order chi connectivity index (χ1) is 13.3. The fourth-order valence-corrected chi connectivity index (χ4v) is 3.73. The van der Waals surface area contributed by atoms with Crippen LogP contribution in [0.25, 0.3) is 10.8 Å². The first kappa shape index (κ1) is 18.3. The standard InChI is InChI=1S/C22H19F3N2O/c1-15-19(22(23,24)25)7-4-8-20(15)27-12-11-26(21(27)28)14-16-9-10-17-5-2-3-6-18(17)13-16/h2-10,13H,11-12,14H2,1H3. The summed E-state index contributed by atoms with van der Waals surface area (Å²) in [6.07, 6.45) is -4.44. The highest BCUT2D eigenvalue weighted by atomic mass is 19.4. The van der Waals surface area contributed by atoms with Crippen LogP contribution in [0.3, 0.4) is 0 Å². The minimum Gasteiger partial charge on any atom is -0.318 e. The lowest BCUT2D eigenvalue weighted by Gasteiger charge is -2.22. The summed E-state index contributed by atoms with van der Waals surface area (Å²) in [5.41, 5.74) is 0.692. The van der Waals surface area contributed by atoms with E-state index in [1.807, 2.05) is 42.5 Å². The van der Waals surface area contributed by atoms with E-state index in [9.17, 15) is 18.0 Å². The number of hydrogen-bond acceptors (Lipinski definition) is 1. The van der Waals surface area contributed by atoms with E-state index < -0.39 is 11.7 Å². The van der Waals surface area contributed by atoms with E-state index >= 15 is 0 Å². The van der Waals surface area contributed by atoms with Crippen molar-refractivity contribution in [3.05, 3.63) is 77.4 Å². The molecule has 0 aliphatic carbocycles. The van der Waals surface area contributed by atoms with Crippen LogP contribution in [0.2, 0.25) is 0 Å². The average molecular weight is 384 g/mol. The van der Waals surface area contributed by atoms with Gasteiger partial charge in [-0.3, -0.25) is 4.90 Å². The van der Waals surface area contributed by atoms with Crippen LogP contribution in [-0.2, 0) is 12.7 Å². The van der Waals surface area contributed by atoms with Crippen LogP contribution in [0.5, 0.6) is 0 Å². The molecule has 144 valence electrons. The second kappa shape index (κ2) is 6.86. The Morgan fingerprint density at radius 1 is 0.929 bits per heavy atom. The van der Waals surface area contributed by atoms with E-state index in [0.717, 1.165) is 22.4 Å². The number of amides is 2. The fourth-order valence-electron chi connectivity index (χ4n) is 3.73. The molecule has 2 amide bonds. The zero-order chi connectivity index (χ0) is 19.9. The van der Waals surface area contributed by atoms with Gasteiger partial charge in [-0.15, -0.1) is 0 Å². The van der Waals surface area contributed by atoms with Crippen LogP contribution in [0.1, 0.15) is 16.7 Å². The molecular formula is C22H19F3N2O. The van der Waals surface area contributed by atoms with Crippen molar-refractivity contribution in [1.29, 1.82) is 0 Å². The van der Waals surface area contributed by atoms with E-state index in [0.29, 0.717) is 25.3 Å². The Bertz CT molecular complexity index is 1050. The molecule has 28 heavy (non-hydrogen) atoms. The molecule has 1 aliphatic rings. The Hall–Kier alpha value is -3.02. The van der Waals surface area contributed by atoms with Gasteiger partial charge < -0.3 is 4.90 Å². The number of hydrogen-bond donors (Lipinski definition) is 0. The topological polar surface area (TPSA) is 23.6 Å². The number of urea groups is 1. The zero-order valence-electron chi connectivity index (χ0n) is 15.3. The molecule has 0 radical (unpaired) electrons. The monoisotopic (exact) mass is 384 g/mol. The molecule has 0 atom stereocenters. The van der Waals surface area contributed by atoms with Crippen molar-refractivity contribution in [1.82, 2.24) is 4.90 Å². The molecule has 3 aromatic rings. The SMILES string of the molecule is Cc1c(N2CCN(Cc3ccc4ccccc4c3)C2=O)cccc1C(F)(F)F. The summed E-state index contributed by atoms with van der Waals surface area (Å²) in [6.45, 7) is 2.69. The number of alkyl halides is 3. The molecule has 0 aromatic heterocycles. The van der Waals surface area contributed by atoms with Crippen molar-refractivity contribution in [2.45, 2.75) is 19.6 Å². The van der Waals surface area contributed by atoms with Crippen molar-refractivity contribution in [3.63, 3.8) is 0 Å². The summed E-state index contributed by atoms with van der Waals surface area (Å²) in [5.74, 6) is 0. The lowest BCUT2D eigenvalue weighted by Crippen LogP contribution is -2.32. The molecule has 0 bridgehead atoms. The van der Waals surface area contributed by atoms with Crippen molar-refractivity contribution in [3.8, 4) is 0 Å².